The summed E-state index contributed by atoms with van der Waals surface area (Å²) in [6.45, 7) is 3.97. The number of hydrogen-bond donors (Lipinski definition) is 0. The lowest BCUT2D eigenvalue weighted by molar-refractivity contribution is 0.477. The maximum Gasteiger partial charge on any atom is 0.256 e. The smallest absolute Gasteiger partial charge is 0.256 e. The molecule has 0 spiro atoms. The molecule has 11 aromatic rings. The fraction of sp³-hybridized carbons (Fsp3) is 0.0294. The molecule has 0 saturated heterocycles. The van der Waals surface area contributed by atoms with Gasteiger partial charge in [-0.1, -0.05) is 205 Å². The van der Waals surface area contributed by atoms with Crippen LogP contribution in [0.4, 0.5) is 34.1 Å². The third kappa shape index (κ3) is 6.58. The molecular formula is C68H46B2N2O2. The van der Waals surface area contributed by atoms with E-state index in [1.165, 1.54) is 44.3 Å². The number of benzene rings is 11. The molecule has 0 unspecified atom stereocenters. The quantitative estimate of drug-likeness (QED) is 0.155. The van der Waals surface area contributed by atoms with Gasteiger partial charge in [0.05, 0.1) is 11.4 Å². The van der Waals surface area contributed by atoms with Crippen LogP contribution in [0.1, 0.15) is 11.1 Å². The molecule has 0 saturated carbocycles. The van der Waals surface area contributed by atoms with E-state index in [0.29, 0.717) is 0 Å². The molecule has 6 heteroatoms. The standard InChI is InChI=1S/C68H46B2N2O2/c1-43-23-37-61-57(39-43)69-55-41-51(47-19-11-5-12-20-47)29-35-59(55)71(53-31-25-49(26-32-53)45-15-7-3-8-16-45)65-63(69)67(73-61)66-64-68(65)74-62-38-24-44(2)40-58(62)70(64)56-42-52(48-21-13-6-14-22-48)30-36-60(56)72(66)54-33-27-50(28-34-54)46-17-9-4-10-18-46/h3-42H,1-2H3. The summed E-state index contributed by atoms with van der Waals surface area (Å²) in [7, 11) is 0. The lowest BCUT2D eigenvalue weighted by atomic mass is 9.31. The van der Waals surface area contributed by atoms with E-state index in [1.54, 1.807) is 0 Å². The van der Waals surface area contributed by atoms with Gasteiger partial charge in [-0.25, -0.2) is 0 Å². The van der Waals surface area contributed by atoms with Crippen molar-refractivity contribution in [2.75, 3.05) is 9.80 Å². The van der Waals surface area contributed by atoms with Crippen LogP contribution in [-0.2, 0) is 0 Å². The highest BCUT2D eigenvalue weighted by Gasteiger charge is 2.52. The Labute approximate surface area is 432 Å². The Balaban J connectivity index is 1.07. The number of ether oxygens (including phenoxy) is 2. The van der Waals surface area contributed by atoms with Gasteiger partial charge in [-0.2, -0.15) is 0 Å². The molecule has 0 bridgehead atoms. The van der Waals surface area contributed by atoms with E-state index in [4.69, 9.17) is 9.47 Å². The Hall–Kier alpha value is -9.25. The number of hydrogen-bond acceptors (Lipinski definition) is 4. The predicted octanol–water partition coefficient (Wildman–Crippen LogP) is 13.8. The number of anilines is 6. The minimum atomic E-state index is -0.200. The highest BCUT2D eigenvalue weighted by Crippen LogP contribution is 2.54. The molecule has 0 aromatic heterocycles. The van der Waals surface area contributed by atoms with E-state index >= 15 is 0 Å². The van der Waals surface area contributed by atoms with E-state index in [2.05, 4.69) is 266 Å². The zero-order valence-electron chi connectivity index (χ0n) is 41.0. The summed E-state index contributed by atoms with van der Waals surface area (Å²) in [5.74, 6) is 3.41. The summed E-state index contributed by atoms with van der Waals surface area (Å²) >= 11 is 0. The van der Waals surface area contributed by atoms with Gasteiger partial charge in [-0.15, -0.1) is 0 Å². The monoisotopic (exact) mass is 944 g/mol. The topological polar surface area (TPSA) is 24.9 Å². The zero-order chi connectivity index (χ0) is 49.0. The highest BCUT2D eigenvalue weighted by atomic mass is 16.5. The SMILES string of the molecule is Cc1ccc2c(c1)B1c3cc(-c4ccccc4)ccc3N(c3ccc(-c4ccccc4)cc3)c3c4c5c(c(c31)O2)N(c1ccc(-c2ccccc2)cc1)c1ccc(-c2ccccc2)cc1B5c1cc(C)ccc1O4. The Morgan fingerprint density at radius 1 is 0.297 bits per heavy atom. The van der Waals surface area contributed by atoms with E-state index < -0.39 is 0 Å². The van der Waals surface area contributed by atoms with Crippen molar-refractivity contribution < 1.29 is 9.47 Å². The van der Waals surface area contributed by atoms with Crippen LogP contribution in [0.5, 0.6) is 23.0 Å². The highest BCUT2D eigenvalue weighted by molar-refractivity contribution is 7.02. The molecule has 0 amide bonds. The van der Waals surface area contributed by atoms with Crippen LogP contribution in [0, 0.1) is 13.8 Å². The van der Waals surface area contributed by atoms with Gasteiger partial charge in [-0.3, -0.25) is 0 Å². The molecule has 4 aliphatic heterocycles. The minimum absolute atomic E-state index is 0.200. The molecule has 4 heterocycles. The molecule has 0 N–H and O–H groups in total. The molecule has 0 radical (unpaired) electrons. The van der Waals surface area contributed by atoms with Crippen LogP contribution in [0.2, 0.25) is 0 Å². The number of rotatable bonds is 6. The molecule has 4 nitrogen and oxygen atoms in total. The van der Waals surface area contributed by atoms with Crippen LogP contribution >= 0.6 is 0 Å². The molecule has 4 aliphatic rings. The van der Waals surface area contributed by atoms with Crippen LogP contribution in [0.15, 0.2) is 243 Å². The largest absolute Gasteiger partial charge is 0.456 e. The Kier molecular flexibility index (Phi) is 9.55. The van der Waals surface area contributed by atoms with Gasteiger partial charge in [-0.05, 0) is 129 Å². The molecule has 346 valence electrons. The third-order valence-corrected chi connectivity index (χ3v) is 15.7. The van der Waals surface area contributed by atoms with Gasteiger partial charge in [0.25, 0.3) is 13.4 Å². The van der Waals surface area contributed by atoms with Crippen LogP contribution in [0.25, 0.3) is 44.5 Å². The van der Waals surface area contributed by atoms with Gasteiger partial charge in [0.1, 0.15) is 23.0 Å². The van der Waals surface area contributed by atoms with Crippen molar-refractivity contribution in [3.05, 3.63) is 254 Å². The number of fused-ring (bicyclic) bond motifs is 10. The first-order chi connectivity index (χ1) is 36.5. The van der Waals surface area contributed by atoms with Crippen molar-refractivity contribution in [2.24, 2.45) is 0 Å². The van der Waals surface area contributed by atoms with Crippen molar-refractivity contribution in [2.45, 2.75) is 13.8 Å². The van der Waals surface area contributed by atoms with Gasteiger partial charge in [0.15, 0.2) is 0 Å². The molecular weight excluding hydrogens is 898 g/mol. The Morgan fingerprint density at radius 2 is 0.622 bits per heavy atom. The second kappa shape index (κ2) is 16.7. The van der Waals surface area contributed by atoms with Crippen molar-refractivity contribution in [1.29, 1.82) is 0 Å². The summed E-state index contributed by atoms with van der Waals surface area (Å²) in [4.78, 5) is 4.94. The lowest BCUT2D eigenvalue weighted by Gasteiger charge is -2.47. The van der Waals surface area contributed by atoms with E-state index in [0.717, 1.165) is 101 Å². The van der Waals surface area contributed by atoms with E-state index in [-0.39, 0.29) is 13.4 Å². The number of nitrogens with zero attached hydrogens (tertiary/aromatic N) is 2. The molecule has 0 aliphatic carbocycles. The fourth-order valence-electron chi connectivity index (χ4n) is 12.3. The number of aryl methyl sites for hydroxylation is 2. The molecule has 0 atom stereocenters. The van der Waals surface area contributed by atoms with Gasteiger partial charge < -0.3 is 19.3 Å². The summed E-state index contributed by atoms with van der Waals surface area (Å²) < 4.78 is 15.4. The molecule has 74 heavy (non-hydrogen) atoms. The Morgan fingerprint density at radius 3 is 0.986 bits per heavy atom. The van der Waals surface area contributed by atoms with Crippen LogP contribution < -0.4 is 52.1 Å². The summed E-state index contributed by atoms with van der Waals surface area (Å²) in [5, 5.41) is 0. The van der Waals surface area contributed by atoms with Crippen LogP contribution in [-0.4, -0.2) is 13.4 Å². The maximum absolute atomic E-state index is 7.68. The summed E-state index contributed by atoms with van der Waals surface area (Å²) in [5.41, 5.74) is 24.9. The first kappa shape index (κ1) is 42.4. The Bertz CT molecular complexity index is 3770. The first-order valence-electron chi connectivity index (χ1n) is 25.6. The third-order valence-electron chi connectivity index (χ3n) is 15.7. The molecule has 11 aromatic carbocycles. The maximum atomic E-state index is 7.68. The van der Waals surface area contributed by atoms with Gasteiger partial charge in [0.2, 0.25) is 0 Å². The van der Waals surface area contributed by atoms with E-state index in [1.807, 2.05) is 0 Å². The summed E-state index contributed by atoms with van der Waals surface area (Å²) in [6, 6.07) is 88.4. The average molecular weight is 945 g/mol. The second-order valence-electron chi connectivity index (χ2n) is 20.1. The second-order valence-corrected chi connectivity index (χ2v) is 20.1. The van der Waals surface area contributed by atoms with Crippen molar-refractivity contribution in [1.82, 2.24) is 0 Å². The van der Waals surface area contributed by atoms with Gasteiger partial charge >= 0.3 is 0 Å². The van der Waals surface area contributed by atoms with Crippen molar-refractivity contribution in [3.63, 3.8) is 0 Å². The van der Waals surface area contributed by atoms with Crippen molar-refractivity contribution in [3.8, 4) is 67.5 Å². The zero-order valence-corrected chi connectivity index (χ0v) is 41.0. The average Bonchev–Trinajstić information content (AvgIpc) is 3.61. The fourth-order valence-corrected chi connectivity index (χ4v) is 12.3. The van der Waals surface area contributed by atoms with Crippen molar-refractivity contribution >= 4 is 80.3 Å². The van der Waals surface area contributed by atoms with Gasteiger partial charge in [0, 0.05) is 33.7 Å². The lowest BCUT2D eigenvalue weighted by Crippen LogP contribution is -2.64. The summed E-state index contributed by atoms with van der Waals surface area (Å²) in [6.07, 6.45) is 0. The first-order valence-corrected chi connectivity index (χ1v) is 25.6. The normalized spacial score (nSPS) is 13.1. The minimum Gasteiger partial charge on any atom is -0.456 e. The van der Waals surface area contributed by atoms with Crippen LogP contribution in [0.3, 0.4) is 0 Å². The molecule has 0 fully saturated rings. The van der Waals surface area contributed by atoms with E-state index in [9.17, 15) is 0 Å². The molecule has 15 rings (SSSR count). The predicted molar refractivity (Wildman–Crippen MR) is 309 cm³/mol.